The van der Waals surface area contributed by atoms with E-state index in [1.807, 2.05) is 24.3 Å². The van der Waals surface area contributed by atoms with Crippen LogP contribution in [0, 0.1) is 0 Å². The minimum atomic E-state index is -0.0862. The topological polar surface area (TPSA) is 50.8 Å². The molecule has 5 nitrogen and oxygen atoms in total. The summed E-state index contributed by atoms with van der Waals surface area (Å²) in [4.78, 5) is 16.5. The van der Waals surface area contributed by atoms with Crippen LogP contribution in [0.1, 0.15) is 41.0 Å². The maximum atomic E-state index is 12.8. The van der Waals surface area contributed by atoms with Gasteiger partial charge in [0, 0.05) is 24.5 Å². The Kier molecular flexibility index (Phi) is 7.68. The van der Waals surface area contributed by atoms with Crippen molar-refractivity contribution in [3.8, 4) is 5.75 Å². The number of unbranched alkanes of at least 4 members (excludes halogenated alkanes) is 1. The van der Waals surface area contributed by atoms with E-state index in [1.165, 1.54) is 4.88 Å². The normalized spacial score (nSPS) is 16.0. The highest BCUT2D eigenvalue weighted by Crippen LogP contribution is 2.26. The monoisotopic (exact) mass is 388 g/mol. The van der Waals surface area contributed by atoms with Gasteiger partial charge in [0.15, 0.2) is 0 Å². The molecule has 1 fully saturated rings. The highest BCUT2D eigenvalue weighted by atomic mass is 32.1. The smallest absolute Gasteiger partial charge is 0.255 e. The van der Waals surface area contributed by atoms with Gasteiger partial charge in [-0.2, -0.15) is 0 Å². The van der Waals surface area contributed by atoms with Crippen molar-refractivity contribution in [3.05, 3.63) is 52.2 Å². The summed E-state index contributed by atoms with van der Waals surface area (Å²) in [6.07, 6.45) is 2.05. The number of rotatable bonds is 9. The van der Waals surface area contributed by atoms with Crippen LogP contribution in [0.4, 0.5) is 0 Å². The fraction of sp³-hybridized carbons (Fsp3) is 0.476. The van der Waals surface area contributed by atoms with Gasteiger partial charge in [-0.25, -0.2) is 0 Å². The fourth-order valence-electron chi connectivity index (χ4n) is 3.17. The number of ether oxygens (including phenoxy) is 2. The molecule has 0 radical (unpaired) electrons. The van der Waals surface area contributed by atoms with Crippen molar-refractivity contribution in [2.45, 2.75) is 25.8 Å². The van der Waals surface area contributed by atoms with Crippen molar-refractivity contribution in [2.24, 2.45) is 0 Å². The summed E-state index contributed by atoms with van der Waals surface area (Å²) in [5, 5.41) is 5.21. The molecule has 1 aliphatic rings. The Bertz CT molecular complexity index is 699. The molecule has 1 amide bonds. The molecule has 146 valence electrons. The lowest BCUT2D eigenvalue weighted by molar-refractivity contribution is 0.0169. The van der Waals surface area contributed by atoms with Crippen molar-refractivity contribution >= 4 is 17.2 Å². The summed E-state index contributed by atoms with van der Waals surface area (Å²) < 4.78 is 11.3. The Morgan fingerprint density at radius 3 is 2.81 bits per heavy atom. The largest absolute Gasteiger partial charge is 0.493 e. The molecule has 1 aromatic carbocycles. The summed E-state index contributed by atoms with van der Waals surface area (Å²) in [7, 11) is 0. The zero-order valence-corrected chi connectivity index (χ0v) is 16.7. The highest BCUT2D eigenvalue weighted by molar-refractivity contribution is 7.10. The lowest BCUT2D eigenvalue weighted by atomic mass is 10.1. The van der Waals surface area contributed by atoms with Gasteiger partial charge in [0.2, 0.25) is 0 Å². The van der Waals surface area contributed by atoms with E-state index >= 15 is 0 Å². The Labute approximate surface area is 165 Å². The van der Waals surface area contributed by atoms with Gasteiger partial charge in [-0.05, 0) is 30.0 Å². The lowest BCUT2D eigenvalue weighted by Crippen LogP contribution is -2.43. The first-order chi connectivity index (χ1) is 13.3. The molecule has 1 atom stereocenters. The molecular weight excluding hydrogens is 360 g/mol. The van der Waals surface area contributed by atoms with Gasteiger partial charge in [0.05, 0.1) is 31.4 Å². The molecule has 2 aromatic rings. The van der Waals surface area contributed by atoms with Crippen LogP contribution < -0.4 is 10.1 Å². The first kappa shape index (κ1) is 19.9. The third-order valence-corrected chi connectivity index (χ3v) is 5.67. The van der Waals surface area contributed by atoms with Crippen LogP contribution >= 0.6 is 11.3 Å². The van der Waals surface area contributed by atoms with Crippen LogP contribution in [0.2, 0.25) is 0 Å². The number of hydrogen-bond donors (Lipinski definition) is 1. The number of morpholine rings is 1. The van der Waals surface area contributed by atoms with Gasteiger partial charge in [-0.3, -0.25) is 9.69 Å². The summed E-state index contributed by atoms with van der Waals surface area (Å²) >= 11 is 1.73. The maximum Gasteiger partial charge on any atom is 0.255 e. The zero-order valence-electron chi connectivity index (χ0n) is 15.9. The molecule has 1 saturated heterocycles. The predicted molar refractivity (Wildman–Crippen MR) is 109 cm³/mol. The van der Waals surface area contributed by atoms with E-state index in [0.717, 1.165) is 39.1 Å². The first-order valence-electron chi connectivity index (χ1n) is 9.65. The quantitative estimate of drug-likeness (QED) is 0.665. The number of amides is 1. The number of benzene rings is 1. The Morgan fingerprint density at radius 1 is 1.26 bits per heavy atom. The molecule has 3 rings (SSSR count). The summed E-state index contributed by atoms with van der Waals surface area (Å²) in [6, 6.07) is 11.8. The zero-order chi connectivity index (χ0) is 18.9. The second-order valence-electron chi connectivity index (χ2n) is 6.59. The summed E-state index contributed by atoms with van der Waals surface area (Å²) in [5.74, 6) is 0.569. The molecule has 0 unspecified atom stereocenters. The standard InChI is InChI=1S/C21H28N2O3S/c1-2-3-12-26-19-8-5-4-7-17(19)21(24)22-16-18(20-9-6-15-27-20)23-10-13-25-14-11-23/h4-9,15,18H,2-3,10-14,16H2,1H3,(H,22,24)/t18-/m0/s1. The number of hydrogen-bond acceptors (Lipinski definition) is 5. The van der Waals surface area contributed by atoms with Crippen molar-refractivity contribution in [1.29, 1.82) is 0 Å². The maximum absolute atomic E-state index is 12.8. The average molecular weight is 389 g/mol. The molecule has 0 saturated carbocycles. The number of nitrogens with zero attached hydrogens (tertiary/aromatic N) is 1. The fourth-order valence-corrected chi connectivity index (χ4v) is 4.03. The molecule has 6 heteroatoms. The van der Waals surface area contributed by atoms with Crippen LogP contribution in [0.15, 0.2) is 41.8 Å². The average Bonchev–Trinajstić information content (AvgIpc) is 3.24. The van der Waals surface area contributed by atoms with Gasteiger partial charge in [0.25, 0.3) is 5.91 Å². The number of para-hydroxylation sites is 1. The minimum Gasteiger partial charge on any atom is -0.493 e. The summed E-state index contributed by atoms with van der Waals surface area (Å²) in [6.45, 7) is 6.57. The molecule has 0 spiro atoms. The molecule has 27 heavy (non-hydrogen) atoms. The van der Waals surface area contributed by atoms with Gasteiger partial charge in [-0.1, -0.05) is 31.5 Å². The second kappa shape index (κ2) is 10.4. The highest BCUT2D eigenvalue weighted by Gasteiger charge is 2.24. The number of carbonyl (C=O) groups is 1. The van der Waals surface area contributed by atoms with Gasteiger partial charge < -0.3 is 14.8 Å². The van der Waals surface area contributed by atoms with E-state index in [0.29, 0.717) is 24.5 Å². The minimum absolute atomic E-state index is 0.0862. The number of carbonyl (C=O) groups excluding carboxylic acids is 1. The molecule has 1 N–H and O–H groups in total. The van der Waals surface area contributed by atoms with E-state index in [2.05, 4.69) is 34.7 Å². The van der Waals surface area contributed by atoms with Gasteiger partial charge in [-0.15, -0.1) is 11.3 Å². The Balaban J connectivity index is 1.65. The molecule has 2 heterocycles. The number of thiophene rings is 1. The predicted octanol–water partition coefficient (Wildman–Crippen LogP) is 3.73. The molecular formula is C21H28N2O3S. The van der Waals surface area contributed by atoms with Crippen LogP contribution in [-0.2, 0) is 4.74 Å². The molecule has 1 aliphatic heterocycles. The van der Waals surface area contributed by atoms with Gasteiger partial charge in [0.1, 0.15) is 5.75 Å². The van der Waals surface area contributed by atoms with Crippen LogP contribution in [0.5, 0.6) is 5.75 Å². The molecule has 0 aliphatic carbocycles. The van der Waals surface area contributed by atoms with Crippen LogP contribution in [0.25, 0.3) is 0 Å². The van der Waals surface area contributed by atoms with Crippen molar-refractivity contribution in [3.63, 3.8) is 0 Å². The van der Waals surface area contributed by atoms with E-state index in [-0.39, 0.29) is 11.9 Å². The third-order valence-electron chi connectivity index (χ3n) is 4.70. The SMILES string of the molecule is CCCCOc1ccccc1C(=O)NC[C@@H](c1cccs1)N1CCOCC1. The summed E-state index contributed by atoms with van der Waals surface area (Å²) in [5.41, 5.74) is 0.598. The van der Waals surface area contributed by atoms with E-state index in [4.69, 9.17) is 9.47 Å². The van der Waals surface area contributed by atoms with E-state index in [9.17, 15) is 4.79 Å². The van der Waals surface area contributed by atoms with Crippen LogP contribution in [0.3, 0.4) is 0 Å². The Morgan fingerprint density at radius 2 is 2.07 bits per heavy atom. The van der Waals surface area contributed by atoms with Gasteiger partial charge >= 0.3 is 0 Å². The van der Waals surface area contributed by atoms with E-state index < -0.39 is 0 Å². The van der Waals surface area contributed by atoms with Crippen LogP contribution in [-0.4, -0.2) is 50.3 Å². The molecule has 1 aromatic heterocycles. The van der Waals surface area contributed by atoms with Crippen molar-refractivity contribution < 1.29 is 14.3 Å². The lowest BCUT2D eigenvalue weighted by Gasteiger charge is -2.34. The third kappa shape index (κ3) is 5.54. The first-order valence-corrected chi connectivity index (χ1v) is 10.5. The Hall–Kier alpha value is -1.89. The van der Waals surface area contributed by atoms with Crippen molar-refractivity contribution in [2.75, 3.05) is 39.5 Å². The van der Waals surface area contributed by atoms with Crippen molar-refractivity contribution in [1.82, 2.24) is 10.2 Å². The number of nitrogens with one attached hydrogen (secondary N) is 1. The second-order valence-corrected chi connectivity index (χ2v) is 7.57. The molecule has 0 bridgehead atoms. The van der Waals surface area contributed by atoms with E-state index in [1.54, 1.807) is 11.3 Å².